The quantitative estimate of drug-likeness (QED) is 0.682. The van der Waals surface area contributed by atoms with E-state index < -0.39 is 5.97 Å². The third-order valence-corrected chi connectivity index (χ3v) is 3.92. The summed E-state index contributed by atoms with van der Waals surface area (Å²) in [7, 11) is 3.66. The molecule has 1 saturated carbocycles. The van der Waals surface area contributed by atoms with Gasteiger partial charge in [0.15, 0.2) is 0 Å². The van der Waals surface area contributed by atoms with E-state index in [2.05, 4.69) is 10.2 Å². The largest absolute Gasteiger partial charge is 0.481 e. The highest BCUT2D eigenvalue weighted by Crippen LogP contribution is 2.28. The van der Waals surface area contributed by atoms with Crippen LogP contribution in [0, 0.1) is 11.8 Å². The summed E-state index contributed by atoms with van der Waals surface area (Å²) in [6, 6.07) is 0. The Kier molecular flexibility index (Phi) is 7.54. The number of aliphatic carboxylic acids is 1. The number of carbonyl (C=O) groups excluding carboxylic acids is 1. The van der Waals surface area contributed by atoms with Crippen molar-refractivity contribution in [2.24, 2.45) is 11.8 Å². The minimum atomic E-state index is -0.733. The molecule has 1 rings (SSSR count). The Morgan fingerprint density at radius 2 is 1.80 bits per heavy atom. The summed E-state index contributed by atoms with van der Waals surface area (Å²) in [4.78, 5) is 24.9. The Labute approximate surface area is 120 Å². The first kappa shape index (κ1) is 16.9. The molecule has 0 aliphatic heterocycles. The molecule has 20 heavy (non-hydrogen) atoms. The van der Waals surface area contributed by atoms with Crippen molar-refractivity contribution in [2.75, 3.05) is 40.4 Å². The third kappa shape index (κ3) is 5.88. The minimum absolute atomic E-state index is 0.0186. The Bertz CT molecular complexity index is 314. The van der Waals surface area contributed by atoms with E-state index in [9.17, 15) is 9.59 Å². The normalized spacial score (nSPS) is 22.8. The van der Waals surface area contributed by atoms with Crippen LogP contribution < -0.4 is 5.32 Å². The number of hydrogen-bond donors (Lipinski definition) is 2. The fourth-order valence-electron chi connectivity index (χ4n) is 2.48. The molecule has 1 fully saturated rings. The number of carboxylic acid groups (broad SMARTS) is 1. The van der Waals surface area contributed by atoms with Crippen LogP contribution in [0.2, 0.25) is 0 Å². The summed E-state index contributed by atoms with van der Waals surface area (Å²) in [5.74, 6) is -0.952. The first-order valence-electron chi connectivity index (χ1n) is 7.22. The van der Waals surface area contributed by atoms with E-state index in [4.69, 9.17) is 9.84 Å². The lowest BCUT2D eigenvalue weighted by Gasteiger charge is -2.25. The molecule has 1 amide bonds. The van der Waals surface area contributed by atoms with Gasteiger partial charge in [0.05, 0.1) is 12.5 Å². The third-order valence-electron chi connectivity index (χ3n) is 3.92. The molecule has 0 heterocycles. The zero-order valence-corrected chi connectivity index (χ0v) is 12.4. The molecule has 6 heteroatoms. The standard InChI is InChI=1S/C14H26N2O4/c1-16(9-10-20-2)8-7-15-13(17)11-3-5-12(6-4-11)14(18)19/h11-12H,3-10H2,1-2H3,(H,15,17)(H,18,19). The van der Waals surface area contributed by atoms with Gasteiger partial charge in [0.1, 0.15) is 0 Å². The molecule has 2 N–H and O–H groups in total. The summed E-state index contributed by atoms with van der Waals surface area (Å²) >= 11 is 0. The van der Waals surface area contributed by atoms with Gasteiger partial charge >= 0.3 is 5.97 Å². The number of nitrogens with one attached hydrogen (secondary N) is 1. The predicted molar refractivity (Wildman–Crippen MR) is 75.5 cm³/mol. The Hall–Kier alpha value is -1.14. The van der Waals surface area contributed by atoms with E-state index in [-0.39, 0.29) is 17.7 Å². The molecule has 116 valence electrons. The number of amides is 1. The molecule has 1 aliphatic carbocycles. The molecule has 1 aliphatic rings. The van der Waals surface area contributed by atoms with Gasteiger partial charge in [-0.1, -0.05) is 0 Å². The van der Waals surface area contributed by atoms with Gasteiger partial charge in [-0.3, -0.25) is 9.59 Å². The molecular weight excluding hydrogens is 260 g/mol. The van der Waals surface area contributed by atoms with E-state index in [1.165, 1.54) is 0 Å². The van der Waals surface area contributed by atoms with Crippen LogP contribution in [-0.4, -0.2) is 62.3 Å². The summed E-state index contributed by atoms with van der Waals surface area (Å²) in [5, 5.41) is 11.9. The second kappa shape index (κ2) is 8.92. The van der Waals surface area contributed by atoms with Crippen LogP contribution in [0.1, 0.15) is 25.7 Å². The van der Waals surface area contributed by atoms with Gasteiger partial charge in [0, 0.05) is 32.7 Å². The van der Waals surface area contributed by atoms with Crippen LogP contribution in [0.4, 0.5) is 0 Å². The highest BCUT2D eigenvalue weighted by Gasteiger charge is 2.29. The van der Waals surface area contributed by atoms with E-state index in [0.717, 1.165) is 13.1 Å². The number of ether oxygens (including phenoxy) is 1. The highest BCUT2D eigenvalue weighted by atomic mass is 16.5. The Morgan fingerprint density at radius 3 is 2.35 bits per heavy atom. The number of hydrogen-bond acceptors (Lipinski definition) is 4. The summed E-state index contributed by atoms with van der Waals surface area (Å²) in [6.07, 6.45) is 2.59. The summed E-state index contributed by atoms with van der Waals surface area (Å²) in [6.45, 7) is 2.94. The topological polar surface area (TPSA) is 78.9 Å². The lowest BCUT2D eigenvalue weighted by atomic mass is 9.81. The molecule has 0 bridgehead atoms. The molecule has 0 spiro atoms. The van der Waals surface area contributed by atoms with Crippen molar-refractivity contribution < 1.29 is 19.4 Å². The number of likely N-dealkylation sites (N-methyl/N-ethyl adjacent to an activating group) is 1. The van der Waals surface area contributed by atoms with Crippen molar-refractivity contribution in [1.29, 1.82) is 0 Å². The van der Waals surface area contributed by atoms with Crippen molar-refractivity contribution in [1.82, 2.24) is 10.2 Å². The zero-order chi connectivity index (χ0) is 15.0. The minimum Gasteiger partial charge on any atom is -0.481 e. The Balaban J connectivity index is 2.16. The molecule has 0 aromatic carbocycles. The maximum Gasteiger partial charge on any atom is 0.306 e. The van der Waals surface area contributed by atoms with Crippen molar-refractivity contribution in [2.45, 2.75) is 25.7 Å². The van der Waals surface area contributed by atoms with E-state index in [0.29, 0.717) is 38.8 Å². The number of carboxylic acids is 1. The van der Waals surface area contributed by atoms with Crippen LogP contribution in [0.15, 0.2) is 0 Å². The first-order chi connectivity index (χ1) is 9.54. The van der Waals surface area contributed by atoms with E-state index in [1.807, 2.05) is 7.05 Å². The Morgan fingerprint density at radius 1 is 1.20 bits per heavy atom. The first-order valence-corrected chi connectivity index (χ1v) is 7.22. The molecular formula is C14H26N2O4. The van der Waals surface area contributed by atoms with Crippen LogP contribution in [0.25, 0.3) is 0 Å². The molecule has 0 saturated heterocycles. The van der Waals surface area contributed by atoms with Crippen molar-refractivity contribution in [3.05, 3.63) is 0 Å². The molecule has 0 aromatic rings. The van der Waals surface area contributed by atoms with Crippen LogP contribution >= 0.6 is 0 Å². The van der Waals surface area contributed by atoms with Crippen LogP contribution in [0.5, 0.6) is 0 Å². The molecule has 0 radical (unpaired) electrons. The molecule has 6 nitrogen and oxygen atoms in total. The van der Waals surface area contributed by atoms with Gasteiger partial charge in [0.2, 0.25) is 5.91 Å². The average molecular weight is 286 g/mol. The SMILES string of the molecule is COCCN(C)CCNC(=O)C1CCC(C(=O)O)CC1. The van der Waals surface area contributed by atoms with Crippen LogP contribution in [0.3, 0.4) is 0 Å². The van der Waals surface area contributed by atoms with E-state index >= 15 is 0 Å². The van der Waals surface area contributed by atoms with E-state index in [1.54, 1.807) is 7.11 Å². The average Bonchev–Trinajstić information content (AvgIpc) is 2.45. The van der Waals surface area contributed by atoms with Gasteiger partial charge in [0.25, 0.3) is 0 Å². The van der Waals surface area contributed by atoms with Crippen LogP contribution in [-0.2, 0) is 14.3 Å². The van der Waals surface area contributed by atoms with Crippen molar-refractivity contribution >= 4 is 11.9 Å². The summed E-state index contributed by atoms with van der Waals surface area (Å²) in [5.41, 5.74) is 0. The van der Waals surface area contributed by atoms with Gasteiger partial charge in [-0.15, -0.1) is 0 Å². The van der Waals surface area contributed by atoms with Gasteiger partial charge in [-0.2, -0.15) is 0 Å². The molecule has 0 unspecified atom stereocenters. The molecule has 0 aromatic heterocycles. The molecule has 0 atom stereocenters. The smallest absolute Gasteiger partial charge is 0.306 e. The second-order valence-corrected chi connectivity index (χ2v) is 5.47. The number of carbonyl (C=O) groups is 2. The fraction of sp³-hybridized carbons (Fsp3) is 0.857. The second-order valence-electron chi connectivity index (χ2n) is 5.47. The number of rotatable bonds is 8. The predicted octanol–water partition coefficient (Wildman–Crippen LogP) is 0.572. The lowest BCUT2D eigenvalue weighted by Crippen LogP contribution is -2.38. The van der Waals surface area contributed by atoms with Gasteiger partial charge < -0.3 is 20.1 Å². The monoisotopic (exact) mass is 286 g/mol. The van der Waals surface area contributed by atoms with Crippen molar-refractivity contribution in [3.63, 3.8) is 0 Å². The maximum atomic E-state index is 12.0. The van der Waals surface area contributed by atoms with Gasteiger partial charge in [-0.25, -0.2) is 0 Å². The maximum absolute atomic E-state index is 12.0. The highest BCUT2D eigenvalue weighted by molar-refractivity contribution is 5.79. The summed E-state index contributed by atoms with van der Waals surface area (Å²) < 4.78 is 4.99. The number of methoxy groups -OCH3 is 1. The zero-order valence-electron chi connectivity index (χ0n) is 12.4. The van der Waals surface area contributed by atoms with Gasteiger partial charge in [-0.05, 0) is 32.7 Å². The fourth-order valence-corrected chi connectivity index (χ4v) is 2.48. The number of nitrogens with zero attached hydrogens (tertiary/aromatic N) is 1. The lowest BCUT2D eigenvalue weighted by molar-refractivity contribution is -0.144. The van der Waals surface area contributed by atoms with Crippen molar-refractivity contribution in [3.8, 4) is 0 Å².